The van der Waals surface area contributed by atoms with E-state index >= 15 is 0 Å². The fourth-order valence-electron chi connectivity index (χ4n) is 3.58. The van der Waals surface area contributed by atoms with Crippen LogP contribution in [0.3, 0.4) is 0 Å². The first-order valence-corrected chi connectivity index (χ1v) is 12.8. The molecular weight excluding hydrogens is 452 g/mol. The molecule has 0 aromatic heterocycles. The summed E-state index contributed by atoms with van der Waals surface area (Å²) in [5, 5.41) is 9.24. The lowest BCUT2D eigenvalue weighted by atomic mass is 9.98. The van der Waals surface area contributed by atoms with Gasteiger partial charge in [-0.2, -0.15) is 0 Å². The van der Waals surface area contributed by atoms with Gasteiger partial charge in [0.15, 0.2) is 6.29 Å². The van der Waals surface area contributed by atoms with Crippen molar-refractivity contribution in [2.24, 2.45) is 0 Å². The molecule has 1 atom stereocenters. The molecule has 0 spiro atoms. The lowest BCUT2D eigenvalue weighted by Crippen LogP contribution is -2.20. The minimum Gasteiger partial charge on any atom is -0.508 e. The van der Waals surface area contributed by atoms with E-state index in [-0.39, 0.29) is 24.1 Å². The summed E-state index contributed by atoms with van der Waals surface area (Å²) in [5.74, 6) is 0.855. The first-order valence-electron chi connectivity index (χ1n) is 12.8. The van der Waals surface area contributed by atoms with E-state index in [1.807, 2.05) is 74.5 Å². The maximum absolute atomic E-state index is 11.1. The number of hydrogen-bond donors (Lipinski definition) is 1. The van der Waals surface area contributed by atoms with E-state index in [4.69, 9.17) is 14.2 Å². The minimum atomic E-state index is -0.234. The van der Waals surface area contributed by atoms with Gasteiger partial charge in [-0.15, -0.1) is 0 Å². The van der Waals surface area contributed by atoms with Gasteiger partial charge in [0.25, 0.3) is 0 Å². The van der Waals surface area contributed by atoms with E-state index in [1.165, 1.54) is 19.3 Å². The molecule has 2 aromatic rings. The van der Waals surface area contributed by atoms with Crippen LogP contribution < -0.4 is 4.74 Å². The van der Waals surface area contributed by atoms with Crippen LogP contribution in [0.1, 0.15) is 70.4 Å². The monoisotopic (exact) mass is 492 g/mol. The van der Waals surface area contributed by atoms with Gasteiger partial charge in [-0.25, -0.2) is 4.79 Å². The number of allylic oxidation sites excluding steroid dienone is 2. The van der Waals surface area contributed by atoms with E-state index in [2.05, 4.69) is 6.58 Å². The summed E-state index contributed by atoms with van der Waals surface area (Å²) in [6.45, 7) is 9.88. The summed E-state index contributed by atoms with van der Waals surface area (Å²) in [4.78, 5) is 11.1. The van der Waals surface area contributed by atoms with E-state index in [9.17, 15) is 9.90 Å². The van der Waals surface area contributed by atoms with Gasteiger partial charge in [0.1, 0.15) is 17.6 Å². The van der Waals surface area contributed by atoms with Crippen LogP contribution >= 0.6 is 0 Å². The molecular formula is C31H40O5. The van der Waals surface area contributed by atoms with Gasteiger partial charge >= 0.3 is 5.97 Å². The number of phenols is 1. The Balaban J connectivity index is 0.000000319. The van der Waals surface area contributed by atoms with E-state index in [0.29, 0.717) is 12.2 Å². The standard InChI is InChI=1S/C21H24O3.C10H16O2/c1-3-21(23-4-2)24-20-15-11-18(12-16-20)8-6-5-7-17-9-13-19(22)14-10-17;1-8(2)10(11)12-9-6-4-3-5-7-9/h5-16,21-22H,3-4H2,1-2H3;9H,1,3-7H2,2H3. The predicted molar refractivity (Wildman–Crippen MR) is 147 cm³/mol. The third-order valence-corrected chi connectivity index (χ3v) is 5.59. The van der Waals surface area contributed by atoms with Crippen LogP contribution in [0.25, 0.3) is 12.2 Å². The molecule has 1 fully saturated rings. The number of carbonyl (C=O) groups excluding carboxylic acids is 1. The number of carbonyl (C=O) groups is 1. The molecule has 1 N–H and O–H groups in total. The number of ether oxygens (including phenoxy) is 3. The minimum absolute atomic E-state index is 0.156. The topological polar surface area (TPSA) is 65.0 Å². The summed E-state index contributed by atoms with van der Waals surface area (Å²) in [5.41, 5.74) is 2.64. The molecule has 1 unspecified atom stereocenters. The zero-order valence-electron chi connectivity index (χ0n) is 21.8. The Hall–Kier alpha value is -3.31. The van der Waals surface area contributed by atoms with Crippen LogP contribution in [0, 0.1) is 0 Å². The lowest BCUT2D eigenvalue weighted by molar-refractivity contribution is -0.145. The Labute approximate surface area is 216 Å². The highest BCUT2D eigenvalue weighted by atomic mass is 16.7. The van der Waals surface area contributed by atoms with Crippen LogP contribution in [-0.4, -0.2) is 30.1 Å². The molecule has 0 amide bonds. The van der Waals surface area contributed by atoms with E-state index in [1.54, 1.807) is 19.1 Å². The fraction of sp³-hybridized carbons (Fsp3) is 0.387. The van der Waals surface area contributed by atoms with Gasteiger partial charge in [0.05, 0.1) is 0 Å². The van der Waals surface area contributed by atoms with Crippen LogP contribution in [0.15, 0.2) is 72.8 Å². The molecule has 1 saturated carbocycles. The Morgan fingerprint density at radius 1 is 0.972 bits per heavy atom. The Kier molecular flexibility index (Phi) is 13.2. The second-order valence-corrected chi connectivity index (χ2v) is 8.74. The Morgan fingerprint density at radius 3 is 2.03 bits per heavy atom. The maximum atomic E-state index is 11.1. The van der Waals surface area contributed by atoms with Gasteiger partial charge < -0.3 is 19.3 Å². The quantitative estimate of drug-likeness (QED) is 0.159. The van der Waals surface area contributed by atoms with Crippen LogP contribution in [0.4, 0.5) is 0 Å². The molecule has 36 heavy (non-hydrogen) atoms. The van der Waals surface area contributed by atoms with Gasteiger partial charge in [-0.1, -0.05) is 68.5 Å². The number of phenolic OH excluding ortho intramolecular Hbond substituents is 1. The SMILES string of the molecule is C=C(C)C(=O)OC1CCCCC1.CCOC(CC)Oc1ccc(C=CC=Cc2ccc(O)cc2)cc1. The summed E-state index contributed by atoms with van der Waals surface area (Å²) in [7, 11) is 0. The fourth-order valence-corrected chi connectivity index (χ4v) is 3.58. The van der Waals surface area contributed by atoms with Crippen molar-refractivity contribution in [1.29, 1.82) is 0 Å². The first-order chi connectivity index (χ1) is 17.4. The van der Waals surface area contributed by atoms with E-state index < -0.39 is 0 Å². The summed E-state index contributed by atoms with van der Waals surface area (Å²) in [6, 6.07) is 15.0. The smallest absolute Gasteiger partial charge is 0.333 e. The lowest BCUT2D eigenvalue weighted by Gasteiger charge is -2.21. The average molecular weight is 493 g/mol. The molecule has 0 saturated heterocycles. The second-order valence-electron chi connectivity index (χ2n) is 8.74. The number of aromatic hydroxyl groups is 1. The van der Waals surface area contributed by atoms with Crippen molar-refractivity contribution < 1.29 is 24.1 Å². The van der Waals surface area contributed by atoms with Crippen LogP contribution in [-0.2, 0) is 14.3 Å². The molecule has 0 bridgehead atoms. The van der Waals surface area contributed by atoms with E-state index in [0.717, 1.165) is 36.1 Å². The van der Waals surface area contributed by atoms with Gasteiger partial charge in [-0.3, -0.25) is 0 Å². The highest BCUT2D eigenvalue weighted by Crippen LogP contribution is 2.21. The van der Waals surface area contributed by atoms with Gasteiger partial charge in [0, 0.05) is 18.6 Å². The van der Waals surface area contributed by atoms with Crippen molar-refractivity contribution in [3.05, 3.63) is 84.0 Å². The highest BCUT2D eigenvalue weighted by Gasteiger charge is 2.17. The molecule has 194 valence electrons. The normalized spacial score (nSPS) is 14.8. The van der Waals surface area contributed by atoms with Crippen molar-refractivity contribution in [2.45, 2.75) is 71.7 Å². The zero-order chi connectivity index (χ0) is 26.2. The average Bonchev–Trinajstić information content (AvgIpc) is 2.89. The van der Waals surface area contributed by atoms with Crippen LogP contribution in [0.2, 0.25) is 0 Å². The number of esters is 1. The number of hydrogen-bond acceptors (Lipinski definition) is 5. The molecule has 1 aliphatic carbocycles. The Morgan fingerprint density at radius 2 is 1.53 bits per heavy atom. The molecule has 5 heteroatoms. The van der Waals surface area contributed by atoms with Crippen molar-refractivity contribution >= 4 is 18.1 Å². The number of benzene rings is 2. The Bertz CT molecular complexity index is 967. The van der Waals surface area contributed by atoms with Crippen LogP contribution in [0.5, 0.6) is 11.5 Å². The maximum Gasteiger partial charge on any atom is 0.333 e. The number of rotatable bonds is 10. The van der Waals surface area contributed by atoms with Crippen molar-refractivity contribution in [2.75, 3.05) is 6.61 Å². The molecule has 5 nitrogen and oxygen atoms in total. The summed E-state index contributed by atoms with van der Waals surface area (Å²) >= 11 is 0. The van der Waals surface area contributed by atoms with Crippen molar-refractivity contribution in [3.63, 3.8) is 0 Å². The summed E-state index contributed by atoms with van der Waals surface area (Å²) in [6.07, 6.45) is 14.5. The molecule has 2 aromatic carbocycles. The molecule has 0 heterocycles. The predicted octanol–water partition coefficient (Wildman–Crippen LogP) is 7.71. The first kappa shape index (κ1) is 28.9. The second kappa shape index (κ2) is 16.4. The molecule has 0 radical (unpaired) electrons. The third-order valence-electron chi connectivity index (χ3n) is 5.59. The van der Waals surface area contributed by atoms with Gasteiger partial charge in [0.2, 0.25) is 0 Å². The molecule has 3 rings (SSSR count). The van der Waals surface area contributed by atoms with Crippen molar-refractivity contribution in [1.82, 2.24) is 0 Å². The zero-order valence-corrected chi connectivity index (χ0v) is 21.8. The largest absolute Gasteiger partial charge is 0.508 e. The third kappa shape index (κ3) is 11.4. The molecule has 1 aliphatic rings. The van der Waals surface area contributed by atoms with Crippen molar-refractivity contribution in [3.8, 4) is 11.5 Å². The van der Waals surface area contributed by atoms with Gasteiger partial charge in [-0.05, 0) is 74.9 Å². The highest BCUT2D eigenvalue weighted by molar-refractivity contribution is 5.87. The molecule has 0 aliphatic heterocycles. The summed E-state index contributed by atoms with van der Waals surface area (Å²) < 4.78 is 16.5.